The molecule has 8 nitrogen and oxygen atoms in total. The molecular formula is C17H18F3N5O3. The zero-order chi connectivity index (χ0) is 19.7. The average Bonchev–Trinajstić information content (AvgIpc) is 3.11. The molecule has 1 saturated heterocycles. The van der Waals surface area contributed by atoms with Crippen LogP contribution in [0.25, 0.3) is 0 Å². The summed E-state index contributed by atoms with van der Waals surface area (Å²) in [6.45, 7) is 2.03. The molecule has 0 N–H and O–H groups in total. The van der Waals surface area contributed by atoms with Crippen molar-refractivity contribution in [3.8, 4) is 11.9 Å². The van der Waals surface area contributed by atoms with Gasteiger partial charge in [-0.1, -0.05) is 0 Å². The van der Waals surface area contributed by atoms with Crippen molar-refractivity contribution < 1.29 is 27.4 Å². The summed E-state index contributed by atoms with van der Waals surface area (Å²) in [6, 6.07) is 2.05. The Kier molecular flexibility index (Phi) is 4.82. The van der Waals surface area contributed by atoms with Crippen molar-refractivity contribution in [2.45, 2.75) is 38.1 Å². The van der Waals surface area contributed by atoms with Crippen LogP contribution in [0.1, 0.15) is 35.4 Å². The Labute approximate surface area is 158 Å². The summed E-state index contributed by atoms with van der Waals surface area (Å²) < 4.78 is 51.0. The van der Waals surface area contributed by atoms with E-state index in [1.807, 2.05) is 0 Å². The molecule has 2 aliphatic heterocycles. The molecule has 150 valence electrons. The molecule has 11 heteroatoms. The molecule has 0 radical (unpaired) electrons. The Morgan fingerprint density at radius 3 is 2.93 bits per heavy atom. The summed E-state index contributed by atoms with van der Waals surface area (Å²) in [5.74, 6) is 0.306. The number of fused-ring (bicyclic) bond motifs is 1. The Hall–Kier alpha value is -2.85. The molecule has 0 bridgehead atoms. The van der Waals surface area contributed by atoms with Gasteiger partial charge in [0.05, 0.1) is 13.2 Å². The van der Waals surface area contributed by atoms with E-state index in [0.29, 0.717) is 38.4 Å². The van der Waals surface area contributed by atoms with Gasteiger partial charge in [-0.25, -0.2) is 9.67 Å². The van der Waals surface area contributed by atoms with Gasteiger partial charge in [-0.05, 0) is 18.9 Å². The molecule has 2 aromatic heterocycles. The number of hydrogen-bond acceptors (Lipinski definition) is 6. The molecule has 2 aromatic rings. The lowest BCUT2D eigenvalue weighted by Gasteiger charge is -2.31. The molecule has 2 aliphatic rings. The van der Waals surface area contributed by atoms with E-state index in [1.165, 1.54) is 0 Å². The topological polar surface area (TPSA) is 82.4 Å². The fourth-order valence-electron chi connectivity index (χ4n) is 3.26. The van der Waals surface area contributed by atoms with Crippen molar-refractivity contribution in [2.24, 2.45) is 0 Å². The van der Waals surface area contributed by atoms with Crippen LogP contribution in [0.3, 0.4) is 0 Å². The molecule has 28 heavy (non-hydrogen) atoms. The first kappa shape index (κ1) is 18.5. The largest absolute Gasteiger partial charge is 0.478 e. The van der Waals surface area contributed by atoms with Gasteiger partial charge in [0.15, 0.2) is 11.4 Å². The number of carbonyl (C=O) groups excluding carboxylic acids is 1. The summed E-state index contributed by atoms with van der Waals surface area (Å²) in [7, 11) is 0. The number of piperidine rings is 1. The van der Waals surface area contributed by atoms with Crippen molar-refractivity contribution >= 4 is 5.91 Å². The molecule has 1 unspecified atom stereocenters. The van der Waals surface area contributed by atoms with E-state index < -0.39 is 18.0 Å². The third-order valence-electron chi connectivity index (χ3n) is 4.59. The number of likely N-dealkylation sites (tertiary alicyclic amines) is 1. The highest BCUT2D eigenvalue weighted by atomic mass is 19.4. The maximum absolute atomic E-state index is 12.8. The SMILES string of the molecule is O=C(c1cc2n(n1)CCCO2)N1CCCC(Oc2nccc(C(F)(F)F)n2)C1. The van der Waals surface area contributed by atoms with E-state index in [9.17, 15) is 18.0 Å². The second kappa shape index (κ2) is 7.28. The summed E-state index contributed by atoms with van der Waals surface area (Å²) in [6.07, 6.45) is -1.98. The lowest BCUT2D eigenvalue weighted by Crippen LogP contribution is -2.44. The van der Waals surface area contributed by atoms with E-state index in [1.54, 1.807) is 15.6 Å². The number of ether oxygens (including phenoxy) is 2. The Morgan fingerprint density at radius 2 is 2.14 bits per heavy atom. The van der Waals surface area contributed by atoms with Crippen LogP contribution in [-0.2, 0) is 12.7 Å². The van der Waals surface area contributed by atoms with E-state index >= 15 is 0 Å². The van der Waals surface area contributed by atoms with Gasteiger partial charge >= 0.3 is 12.2 Å². The second-order valence-electron chi connectivity index (χ2n) is 6.65. The van der Waals surface area contributed by atoms with Gasteiger partial charge in [0.25, 0.3) is 5.91 Å². The summed E-state index contributed by atoms with van der Waals surface area (Å²) in [5.41, 5.74) is -0.780. The predicted molar refractivity (Wildman–Crippen MR) is 88.9 cm³/mol. The molecule has 1 fully saturated rings. The van der Waals surface area contributed by atoms with Crippen LogP contribution in [0.5, 0.6) is 11.9 Å². The van der Waals surface area contributed by atoms with E-state index in [2.05, 4.69) is 15.1 Å². The van der Waals surface area contributed by atoms with Crippen LogP contribution in [0.2, 0.25) is 0 Å². The molecule has 4 heterocycles. The maximum Gasteiger partial charge on any atom is 0.433 e. The number of aryl methyl sites for hydroxylation is 1. The minimum atomic E-state index is -4.57. The van der Waals surface area contributed by atoms with E-state index in [4.69, 9.17) is 9.47 Å². The van der Waals surface area contributed by atoms with Gasteiger partial charge in [-0.3, -0.25) is 4.79 Å². The van der Waals surface area contributed by atoms with Crippen molar-refractivity contribution in [1.82, 2.24) is 24.6 Å². The molecule has 1 amide bonds. The summed E-state index contributed by atoms with van der Waals surface area (Å²) in [5, 5.41) is 4.28. The molecule has 0 aliphatic carbocycles. The summed E-state index contributed by atoms with van der Waals surface area (Å²) in [4.78, 5) is 21.5. The molecule has 0 saturated carbocycles. The number of halogens is 3. The highest BCUT2D eigenvalue weighted by molar-refractivity contribution is 5.92. The monoisotopic (exact) mass is 397 g/mol. The van der Waals surface area contributed by atoms with Crippen LogP contribution >= 0.6 is 0 Å². The Morgan fingerprint density at radius 1 is 1.29 bits per heavy atom. The van der Waals surface area contributed by atoms with Gasteiger partial charge < -0.3 is 14.4 Å². The second-order valence-corrected chi connectivity index (χ2v) is 6.65. The minimum absolute atomic E-state index is 0.224. The van der Waals surface area contributed by atoms with Gasteiger partial charge in [0, 0.05) is 31.8 Å². The number of hydrogen-bond donors (Lipinski definition) is 0. The van der Waals surface area contributed by atoms with Crippen molar-refractivity contribution in [2.75, 3.05) is 19.7 Å². The fraction of sp³-hybridized carbons (Fsp3) is 0.529. The van der Waals surface area contributed by atoms with Crippen LogP contribution in [-0.4, -0.2) is 56.4 Å². The zero-order valence-corrected chi connectivity index (χ0v) is 14.9. The zero-order valence-electron chi connectivity index (χ0n) is 14.9. The number of amides is 1. The number of rotatable bonds is 3. The third-order valence-corrected chi connectivity index (χ3v) is 4.59. The minimum Gasteiger partial charge on any atom is -0.478 e. The Balaban J connectivity index is 1.43. The van der Waals surface area contributed by atoms with Crippen LogP contribution in [0.4, 0.5) is 13.2 Å². The maximum atomic E-state index is 12.8. The number of alkyl halides is 3. The first-order chi connectivity index (χ1) is 13.4. The van der Waals surface area contributed by atoms with Crippen LogP contribution in [0, 0.1) is 0 Å². The van der Waals surface area contributed by atoms with Gasteiger partial charge in [0.1, 0.15) is 6.10 Å². The van der Waals surface area contributed by atoms with Gasteiger partial charge in [0.2, 0.25) is 5.88 Å². The highest BCUT2D eigenvalue weighted by Crippen LogP contribution is 2.28. The van der Waals surface area contributed by atoms with Crippen molar-refractivity contribution in [3.63, 3.8) is 0 Å². The predicted octanol–water partition coefficient (Wildman–Crippen LogP) is 2.16. The molecule has 0 aromatic carbocycles. The number of aromatic nitrogens is 4. The normalized spacial score (nSPS) is 19.7. The van der Waals surface area contributed by atoms with Crippen molar-refractivity contribution in [1.29, 1.82) is 0 Å². The fourth-order valence-corrected chi connectivity index (χ4v) is 3.26. The standard InChI is InChI=1S/C17H18F3N5O3/c18-17(19,20)13-4-5-21-16(22-13)28-11-3-1-6-24(10-11)15(26)12-9-14-25(23-12)7-2-8-27-14/h4-5,9,11H,1-3,6-8,10H2. The number of nitrogens with zero attached hydrogens (tertiary/aromatic N) is 5. The molecule has 1 atom stereocenters. The molecule has 0 spiro atoms. The lowest BCUT2D eigenvalue weighted by molar-refractivity contribution is -0.141. The smallest absolute Gasteiger partial charge is 0.433 e. The first-order valence-electron chi connectivity index (χ1n) is 8.97. The molecular weight excluding hydrogens is 379 g/mol. The van der Waals surface area contributed by atoms with Gasteiger partial charge in [-0.2, -0.15) is 23.3 Å². The van der Waals surface area contributed by atoms with Crippen molar-refractivity contribution in [3.05, 3.63) is 29.7 Å². The van der Waals surface area contributed by atoms with Crippen LogP contribution in [0.15, 0.2) is 18.3 Å². The average molecular weight is 397 g/mol. The first-order valence-corrected chi connectivity index (χ1v) is 8.97. The Bertz CT molecular complexity index is 846. The molecule has 4 rings (SSSR count). The van der Waals surface area contributed by atoms with E-state index in [-0.39, 0.29) is 24.2 Å². The highest BCUT2D eigenvalue weighted by Gasteiger charge is 2.34. The van der Waals surface area contributed by atoms with Crippen LogP contribution < -0.4 is 9.47 Å². The van der Waals surface area contributed by atoms with E-state index in [0.717, 1.165) is 18.7 Å². The third kappa shape index (κ3) is 3.87. The van der Waals surface area contributed by atoms with Gasteiger partial charge in [-0.15, -0.1) is 0 Å². The quantitative estimate of drug-likeness (QED) is 0.790. The lowest BCUT2D eigenvalue weighted by atomic mass is 10.1. The number of carbonyl (C=O) groups is 1. The summed E-state index contributed by atoms with van der Waals surface area (Å²) >= 11 is 0.